The molecular formula is C17H17ClF3N3O3S. The summed E-state index contributed by atoms with van der Waals surface area (Å²) < 4.78 is 44.1. The molecule has 1 aromatic rings. The Labute approximate surface area is 168 Å². The molecule has 2 saturated heterocycles. The first-order chi connectivity index (χ1) is 13.3. The number of thioether (sulfide) groups is 1. The summed E-state index contributed by atoms with van der Waals surface area (Å²) in [5, 5.41) is 4.97. The van der Waals surface area contributed by atoms with E-state index in [1.54, 1.807) is 0 Å². The molecule has 3 rings (SSSR count). The summed E-state index contributed by atoms with van der Waals surface area (Å²) in [5.41, 5.74) is -1.24. The summed E-state index contributed by atoms with van der Waals surface area (Å²) in [6.45, 7) is -0.0278. The molecule has 0 aromatic carbocycles. The van der Waals surface area contributed by atoms with Gasteiger partial charge in [-0.3, -0.25) is 14.9 Å². The number of alkyl halides is 3. The fraction of sp³-hybridized carbons (Fsp3) is 0.529. The number of hydrogen-bond acceptors (Lipinski definition) is 5. The van der Waals surface area contributed by atoms with Gasteiger partial charge in [0.15, 0.2) is 5.82 Å². The van der Waals surface area contributed by atoms with Gasteiger partial charge in [-0.1, -0.05) is 11.8 Å². The van der Waals surface area contributed by atoms with Crippen LogP contribution in [0.3, 0.4) is 0 Å². The molecule has 0 spiro atoms. The topological polar surface area (TPSA) is 72.4 Å². The maximum absolute atomic E-state index is 13.7. The summed E-state index contributed by atoms with van der Waals surface area (Å²) in [6.07, 6.45) is -1.44. The van der Waals surface area contributed by atoms with Gasteiger partial charge in [0.25, 0.3) is 12.0 Å². The lowest BCUT2D eigenvalue weighted by Gasteiger charge is -2.12. The molecule has 2 fully saturated rings. The predicted octanol–water partition coefficient (Wildman–Crippen LogP) is 1.83. The van der Waals surface area contributed by atoms with E-state index in [0.717, 1.165) is 12.3 Å². The molecule has 11 heteroatoms. The van der Waals surface area contributed by atoms with Gasteiger partial charge in [-0.15, -0.1) is 23.4 Å². The van der Waals surface area contributed by atoms with E-state index in [0.29, 0.717) is 24.3 Å². The zero-order chi connectivity index (χ0) is 20.3. The summed E-state index contributed by atoms with van der Waals surface area (Å²) in [4.78, 5) is 24.0. The first-order valence-corrected chi connectivity index (χ1v) is 9.82. The van der Waals surface area contributed by atoms with Crippen molar-refractivity contribution < 1.29 is 22.7 Å². The normalized spacial score (nSPS) is 26.9. The average Bonchev–Trinajstić information content (AvgIpc) is 3.26. The number of pyridine rings is 1. The van der Waals surface area contributed by atoms with E-state index in [1.807, 2.05) is 0 Å². The van der Waals surface area contributed by atoms with Crippen LogP contribution >= 0.6 is 23.4 Å². The molecule has 28 heavy (non-hydrogen) atoms. The molecule has 0 radical (unpaired) electrons. The van der Waals surface area contributed by atoms with Crippen molar-refractivity contribution in [2.24, 2.45) is 5.92 Å². The predicted molar refractivity (Wildman–Crippen MR) is 99.9 cm³/mol. The van der Waals surface area contributed by atoms with Crippen LogP contribution < -0.4 is 16.2 Å². The standard InChI is InChI=1S/C17H17ClF3N3O3S/c18-15-9(1-2-10-7-27-8-22-10)3-13(28-15)16(25)23-11-4-12(19)17(26)24(5-11)6-14(20)21/h4-5,9-10,13-15,22H,3,6-8H2,(H,23,25). The Bertz CT molecular complexity index is 852. The fourth-order valence-electron chi connectivity index (χ4n) is 2.81. The molecule has 3 heterocycles. The minimum Gasteiger partial charge on any atom is -0.364 e. The highest BCUT2D eigenvalue weighted by Gasteiger charge is 2.37. The van der Waals surface area contributed by atoms with Crippen LogP contribution in [0.2, 0.25) is 0 Å². The monoisotopic (exact) mass is 435 g/mol. The number of hydrogen-bond donors (Lipinski definition) is 2. The van der Waals surface area contributed by atoms with Crippen molar-refractivity contribution >= 4 is 35.0 Å². The average molecular weight is 436 g/mol. The van der Waals surface area contributed by atoms with E-state index in [4.69, 9.17) is 16.3 Å². The van der Waals surface area contributed by atoms with Gasteiger partial charge in [0, 0.05) is 18.2 Å². The molecule has 2 N–H and O–H groups in total. The van der Waals surface area contributed by atoms with E-state index in [9.17, 15) is 22.8 Å². The number of ether oxygens (including phenoxy) is 1. The SMILES string of the molecule is O=C(Nc1cc(F)c(=O)n(CC(F)F)c1)C1CC(C#CC2COCN2)C(Cl)S1. The Kier molecular flexibility index (Phi) is 6.93. The zero-order valence-corrected chi connectivity index (χ0v) is 16.0. The Balaban J connectivity index is 1.65. The maximum Gasteiger partial charge on any atom is 0.286 e. The van der Waals surface area contributed by atoms with Crippen molar-refractivity contribution in [3.8, 4) is 11.8 Å². The summed E-state index contributed by atoms with van der Waals surface area (Å²) >= 11 is 7.50. The van der Waals surface area contributed by atoms with Crippen LogP contribution in [0, 0.1) is 23.6 Å². The van der Waals surface area contributed by atoms with Gasteiger partial charge in [0.2, 0.25) is 5.91 Å². The van der Waals surface area contributed by atoms with Crippen LogP contribution in [0.5, 0.6) is 0 Å². The van der Waals surface area contributed by atoms with Crippen LogP contribution in [-0.2, 0) is 16.1 Å². The molecule has 0 saturated carbocycles. The smallest absolute Gasteiger partial charge is 0.286 e. The zero-order valence-electron chi connectivity index (χ0n) is 14.5. The number of rotatable bonds is 4. The first-order valence-electron chi connectivity index (χ1n) is 8.44. The van der Waals surface area contributed by atoms with Crippen LogP contribution in [0.25, 0.3) is 0 Å². The fourth-order valence-corrected chi connectivity index (χ4v) is 4.53. The number of carbonyl (C=O) groups is 1. The maximum atomic E-state index is 13.7. The van der Waals surface area contributed by atoms with Crippen LogP contribution in [0.4, 0.5) is 18.9 Å². The highest BCUT2D eigenvalue weighted by Crippen LogP contribution is 2.41. The van der Waals surface area contributed by atoms with Crippen molar-refractivity contribution in [3.63, 3.8) is 0 Å². The number of carbonyl (C=O) groups excluding carboxylic acids is 1. The van der Waals surface area contributed by atoms with Crippen molar-refractivity contribution in [3.05, 3.63) is 28.4 Å². The number of halogens is 4. The molecule has 2 aliphatic rings. The molecule has 2 aliphatic heterocycles. The van der Waals surface area contributed by atoms with Gasteiger partial charge in [-0.05, 0) is 6.42 Å². The summed E-state index contributed by atoms with van der Waals surface area (Å²) in [5.74, 6) is 4.20. The summed E-state index contributed by atoms with van der Waals surface area (Å²) in [7, 11) is 0. The number of nitrogens with one attached hydrogen (secondary N) is 2. The number of amides is 1. The van der Waals surface area contributed by atoms with E-state index in [1.165, 1.54) is 11.8 Å². The Morgan fingerprint density at radius 3 is 2.96 bits per heavy atom. The highest BCUT2D eigenvalue weighted by molar-refractivity contribution is 8.02. The van der Waals surface area contributed by atoms with Crippen LogP contribution in [-0.4, -0.2) is 46.2 Å². The third-order valence-electron chi connectivity index (χ3n) is 4.17. The summed E-state index contributed by atoms with van der Waals surface area (Å²) in [6, 6.07) is 0.740. The Morgan fingerprint density at radius 2 is 2.29 bits per heavy atom. The van der Waals surface area contributed by atoms with Gasteiger partial charge in [-0.2, -0.15) is 0 Å². The van der Waals surface area contributed by atoms with Gasteiger partial charge in [0.1, 0.15) is 0 Å². The lowest BCUT2D eigenvalue weighted by molar-refractivity contribution is -0.115. The molecule has 4 atom stereocenters. The van der Waals surface area contributed by atoms with Crippen molar-refractivity contribution in [2.75, 3.05) is 18.7 Å². The van der Waals surface area contributed by atoms with Crippen molar-refractivity contribution in [1.82, 2.24) is 9.88 Å². The van der Waals surface area contributed by atoms with Gasteiger partial charge < -0.3 is 14.6 Å². The number of aromatic nitrogens is 1. The molecule has 0 bridgehead atoms. The number of nitrogens with zero attached hydrogens (tertiary/aromatic N) is 1. The molecule has 1 aromatic heterocycles. The third-order valence-corrected chi connectivity index (χ3v) is 6.11. The van der Waals surface area contributed by atoms with Gasteiger partial charge >= 0.3 is 0 Å². The lowest BCUT2D eigenvalue weighted by atomic mass is 10.1. The number of anilines is 1. The van der Waals surface area contributed by atoms with Gasteiger partial charge in [-0.25, -0.2) is 13.2 Å². The minimum absolute atomic E-state index is 0.0689. The molecule has 0 aliphatic carbocycles. The molecular weight excluding hydrogens is 419 g/mol. The van der Waals surface area contributed by atoms with Crippen LogP contribution in [0.15, 0.2) is 17.1 Å². The van der Waals surface area contributed by atoms with E-state index in [2.05, 4.69) is 22.5 Å². The quantitative estimate of drug-likeness (QED) is 0.557. The van der Waals surface area contributed by atoms with E-state index >= 15 is 0 Å². The van der Waals surface area contributed by atoms with E-state index in [-0.39, 0.29) is 17.6 Å². The Morgan fingerprint density at radius 1 is 1.50 bits per heavy atom. The largest absolute Gasteiger partial charge is 0.364 e. The molecule has 1 amide bonds. The molecule has 152 valence electrons. The Hall–Kier alpha value is -1.67. The second kappa shape index (κ2) is 9.22. The van der Waals surface area contributed by atoms with Crippen LogP contribution in [0.1, 0.15) is 6.42 Å². The first kappa shape index (κ1) is 21.0. The second-order valence-electron chi connectivity index (χ2n) is 6.29. The molecule has 4 unspecified atom stereocenters. The molecule has 6 nitrogen and oxygen atoms in total. The minimum atomic E-state index is -2.83. The van der Waals surface area contributed by atoms with Crippen molar-refractivity contribution in [1.29, 1.82) is 0 Å². The third kappa shape index (κ3) is 5.23. The van der Waals surface area contributed by atoms with E-state index < -0.39 is 40.2 Å². The highest BCUT2D eigenvalue weighted by atomic mass is 35.5. The van der Waals surface area contributed by atoms with Gasteiger partial charge in [0.05, 0.1) is 41.6 Å². The second-order valence-corrected chi connectivity index (χ2v) is 8.37. The van der Waals surface area contributed by atoms with Crippen molar-refractivity contribution in [2.45, 2.75) is 35.4 Å². The lowest BCUT2D eigenvalue weighted by Crippen LogP contribution is -2.28.